The maximum atomic E-state index is 6.51. The summed E-state index contributed by atoms with van der Waals surface area (Å²) in [6.07, 6.45) is 13.0. The molecule has 112 valence electrons. The largest absolute Gasteiger partial charge is 0.386 e. The van der Waals surface area contributed by atoms with Crippen molar-refractivity contribution in [1.82, 2.24) is 0 Å². The fraction of sp³-hybridized carbons (Fsp3) is 0.867. The molecular weight excluding hydrogens is 236 g/mol. The van der Waals surface area contributed by atoms with Gasteiger partial charge < -0.3 is 22.9 Å². The maximum absolute atomic E-state index is 6.51. The standard InChI is InChI=1S/C13H26N2.C2H6N2/c14-12(11-7-3-1-4-8-11)13(15)9-5-2-6-10-13;1-2(3)4/h11-12H,1-10,14-15H2;1,3-4H2. The maximum Gasteiger partial charge on any atom is 0.0859 e. The molecule has 19 heavy (non-hydrogen) atoms. The van der Waals surface area contributed by atoms with E-state index < -0.39 is 0 Å². The van der Waals surface area contributed by atoms with Crippen molar-refractivity contribution >= 4 is 0 Å². The Bertz CT molecular complexity index is 261. The van der Waals surface area contributed by atoms with Gasteiger partial charge in [0, 0.05) is 11.6 Å². The molecule has 0 bridgehead atoms. The topological polar surface area (TPSA) is 104 Å². The first-order valence-electron chi connectivity index (χ1n) is 7.70. The van der Waals surface area contributed by atoms with Gasteiger partial charge in [-0.1, -0.05) is 45.1 Å². The lowest BCUT2D eigenvalue weighted by atomic mass is 9.70. The molecule has 2 saturated carbocycles. The van der Waals surface area contributed by atoms with E-state index in [1.165, 1.54) is 51.4 Å². The zero-order valence-electron chi connectivity index (χ0n) is 12.2. The zero-order chi connectivity index (χ0) is 14.3. The van der Waals surface area contributed by atoms with Crippen LogP contribution in [0, 0.1) is 5.92 Å². The Morgan fingerprint density at radius 1 is 0.947 bits per heavy atom. The summed E-state index contributed by atoms with van der Waals surface area (Å²) < 4.78 is 0. The van der Waals surface area contributed by atoms with E-state index in [0.717, 1.165) is 12.8 Å². The van der Waals surface area contributed by atoms with Gasteiger partial charge in [0.05, 0.1) is 5.82 Å². The van der Waals surface area contributed by atoms with Crippen molar-refractivity contribution in [1.29, 1.82) is 0 Å². The van der Waals surface area contributed by atoms with Crippen molar-refractivity contribution in [3.05, 3.63) is 12.4 Å². The molecule has 1 atom stereocenters. The third-order valence-corrected chi connectivity index (χ3v) is 4.61. The molecule has 0 aromatic rings. The van der Waals surface area contributed by atoms with Crippen molar-refractivity contribution in [3.8, 4) is 0 Å². The molecule has 4 heteroatoms. The highest BCUT2D eigenvalue weighted by Gasteiger charge is 2.38. The lowest BCUT2D eigenvalue weighted by Crippen LogP contribution is -2.59. The highest BCUT2D eigenvalue weighted by atomic mass is 14.9. The fourth-order valence-corrected chi connectivity index (χ4v) is 3.51. The molecule has 0 aliphatic heterocycles. The minimum absolute atomic E-state index is 0.0275. The molecule has 0 amide bonds. The molecule has 2 fully saturated rings. The quantitative estimate of drug-likeness (QED) is 0.614. The second-order valence-electron chi connectivity index (χ2n) is 6.29. The first-order valence-corrected chi connectivity index (χ1v) is 7.70. The van der Waals surface area contributed by atoms with Crippen molar-refractivity contribution < 1.29 is 0 Å². The minimum Gasteiger partial charge on any atom is -0.386 e. The smallest absolute Gasteiger partial charge is 0.0859 e. The number of nitrogens with two attached hydrogens (primary N) is 4. The number of hydrogen-bond donors (Lipinski definition) is 4. The lowest BCUT2D eigenvalue weighted by Gasteiger charge is -2.43. The average Bonchev–Trinajstić information content (AvgIpc) is 2.39. The monoisotopic (exact) mass is 268 g/mol. The first kappa shape index (κ1) is 16.3. The summed E-state index contributed by atoms with van der Waals surface area (Å²) in [7, 11) is 0. The van der Waals surface area contributed by atoms with E-state index >= 15 is 0 Å². The Morgan fingerprint density at radius 2 is 1.37 bits per heavy atom. The van der Waals surface area contributed by atoms with Crippen molar-refractivity contribution in [3.63, 3.8) is 0 Å². The summed E-state index contributed by atoms with van der Waals surface area (Å²) in [6.45, 7) is 3.11. The van der Waals surface area contributed by atoms with Gasteiger partial charge in [0.2, 0.25) is 0 Å². The van der Waals surface area contributed by atoms with Crippen LogP contribution in [-0.2, 0) is 0 Å². The molecule has 0 spiro atoms. The van der Waals surface area contributed by atoms with Crippen LogP contribution in [0.25, 0.3) is 0 Å². The molecule has 2 aliphatic carbocycles. The number of rotatable bonds is 2. The third-order valence-electron chi connectivity index (χ3n) is 4.61. The van der Waals surface area contributed by atoms with Gasteiger partial charge in [-0.05, 0) is 31.6 Å². The molecule has 2 rings (SSSR count). The van der Waals surface area contributed by atoms with Crippen LogP contribution in [0.4, 0.5) is 0 Å². The summed E-state index contributed by atoms with van der Waals surface area (Å²) in [5.74, 6) is 0.877. The van der Waals surface area contributed by atoms with Gasteiger partial charge in [-0.25, -0.2) is 0 Å². The summed E-state index contributed by atoms with van der Waals surface area (Å²) in [5, 5.41) is 0. The SMILES string of the molecule is C=C(N)N.NC(C1CCCCC1)C1(N)CCCCC1. The van der Waals surface area contributed by atoms with E-state index in [2.05, 4.69) is 6.58 Å². The van der Waals surface area contributed by atoms with Crippen molar-refractivity contribution in [2.45, 2.75) is 75.8 Å². The van der Waals surface area contributed by atoms with Gasteiger partial charge in [-0.2, -0.15) is 0 Å². The molecule has 0 heterocycles. The van der Waals surface area contributed by atoms with Gasteiger partial charge in [0.15, 0.2) is 0 Å². The van der Waals surface area contributed by atoms with E-state index in [4.69, 9.17) is 22.9 Å². The molecule has 0 radical (unpaired) electrons. The molecule has 2 aliphatic rings. The Labute approximate surface area is 118 Å². The molecule has 1 unspecified atom stereocenters. The third kappa shape index (κ3) is 5.41. The van der Waals surface area contributed by atoms with Gasteiger partial charge in [-0.3, -0.25) is 0 Å². The van der Waals surface area contributed by atoms with Crippen LogP contribution < -0.4 is 22.9 Å². The zero-order valence-corrected chi connectivity index (χ0v) is 12.2. The van der Waals surface area contributed by atoms with E-state index in [-0.39, 0.29) is 17.4 Å². The van der Waals surface area contributed by atoms with Crippen LogP contribution in [0.5, 0.6) is 0 Å². The second-order valence-corrected chi connectivity index (χ2v) is 6.29. The van der Waals surface area contributed by atoms with Crippen LogP contribution in [0.1, 0.15) is 64.2 Å². The predicted octanol–water partition coefficient (Wildman–Crippen LogP) is 1.93. The minimum atomic E-state index is -0.0275. The van der Waals surface area contributed by atoms with Crippen LogP contribution in [0.15, 0.2) is 12.4 Å². The van der Waals surface area contributed by atoms with Crippen molar-refractivity contribution in [2.24, 2.45) is 28.9 Å². The molecule has 0 aromatic heterocycles. The van der Waals surface area contributed by atoms with E-state index in [0.29, 0.717) is 5.92 Å². The Kier molecular flexibility index (Phi) is 6.66. The first-order chi connectivity index (χ1) is 8.96. The van der Waals surface area contributed by atoms with Crippen LogP contribution in [0.3, 0.4) is 0 Å². The molecular formula is C15H32N4. The molecule has 0 saturated heterocycles. The van der Waals surface area contributed by atoms with E-state index in [1.54, 1.807) is 0 Å². The molecule has 0 aromatic carbocycles. The van der Waals surface area contributed by atoms with Crippen molar-refractivity contribution in [2.75, 3.05) is 0 Å². The van der Waals surface area contributed by atoms with Crippen LogP contribution in [0.2, 0.25) is 0 Å². The normalized spacial score (nSPS) is 24.9. The van der Waals surface area contributed by atoms with Gasteiger partial charge in [0.25, 0.3) is 0 Å². The Morgan fingerprint density at radius 3 is 1.84 bits per heavy atom. The Balaban J connectivity index is 0.000000399. The fourth-order valence-electron chi connectivity index (χ4n) is 3.51. The van der Waals surface area contributed by atoms with Gasteiger partial charge in [0.1, 0.15) is 0 Å². The van der Waals surface area contributed by atoms with Crippen LogP contribution in [-0.4, -0.2) is 11.6 Å². The lowest BCUT2D eigenvalue weighted by molar-refractivity contribution is 0.170. The molecule has 4 nitrogen and oxygen atoms in total. The predicted molar refractivity (Wildman–Crippen MR) is 82.1 cm³/mol. The summed E-state index contributed by atoms with van der Waals surface area (Å²) in [6, 6.07) is 0.262. The molecule has 8 N–H and O–H groups in total. The summed E-state index contributed by atoms with van der Waals surface area (Å²) in [4.78, 5) is 0. The van der Waals surface area contributed by atoms with Gasteiger partial charge >= 0.3 is 0 Å². The number of hydrogen-bond acceptors (Lipinski definition) is 4. The van der Waals surface area contributed by atoms with Crippen LogP contribution >= 0.6 is 0 Å². The van der Waals surface area contributed by atoms with E-state index in [1.807, 2.05) is 0 Å². The summed E-state index contributed by atoms with van der Waals surface area (Å²) in [5.41, 5.74) is 22.3. The highest BCUT2D eigenvalue weighted by molar-refractivity contribution is 4.99. The highest BCUT2D eigenvalue weighted by Crippen LogP contribution is 2.35. The Hall–Kier alpha value is -0.740. The second kappa shape index (κ2) is 7.75. The summed E-state index contributed by atoms with van der Waals surface area (Å²) >= 11 is 0. The van der Waals surface area contributed by atoms with E-state index in [9.17, 15) is 0 Å². The average molecular weight is 268 g/mol. The van der Waals surface area contributed by atoms with Gasteiger partial charge in [-0.15, -0.1) is 0 Å².